The van der Waals surface area contributed by atoms with Gasteiger partial charge in [-0.2, -0.15) is 0 Å². The van der Waals surface area contributed by atoms with Crippen LogP contribution in [0.5, 0.6) is 0 Å². The van der Waals surface area contributed by atoms with E-state index in [0.717, 1.165) is 0 Å². The van der Waals surface area contributed by atoms with Crippen molar-refractivity contribution in [3.8, 4) is 0 Å². The number of amides is 2. The normalized spacial score (nSPS) is 18.2. The van der Waals surface area contributed by atoms with Crippen molar-refractivity contribution in [2.45, 2.75) is 97.9 Å². The van der Waals surface area contributed by atoms with E-state index in [-0.39, 0.29) is 50.5 Å². The molecule has 0 atom stereocenters. The Morgan fingerprint density at radius 2 is 1.16 bits per heavy atom. The maximum Gasteiger partial charge on any atom is 0.410 e. The second-order valence-corrected chi connectivity index (χ2v) is 11.1. The number of alkyl halides is 1. The number of likely N-dealkylation sites (tertiary alicyclic amines) is 2. The van der Waals surface area contributed by atoms with Crippen LogP contribution in [0.2, 0.25) is 0 Å². The van der Waals surface area contributed by atoms with Gasteiger partial charge in [-0.1, -0.05) is 0 Å². The molecule has 0 N–H and O–H groups in total. The number of carbonyl (C=O) groups excluding carboxylic acids is 4. The first kappa shape index (κ1) is 32.4. The van der Waals surface area contributed by atoms with Crippen LogP contribution >= 0.6 is 0 Å². The van der Waals surface area contributed by atoms with E-state index in [4.69, 9.17) is 18.9 Å². The molecule has 0 spiro atoms. The van der Waals surface area contributed by atoms with Gasteiger partial charge in [-0.05, 0) is 68.2 Å². The molecule has 2 aliphatic heterocycles. The summed E-state index contributed by atoms with van der Waals surface area (Å²) in [5, 5.41) is 0. The first-order valence-corrected chi connectivity index (χ1v) is 13.0. The molecule has 214 valence electrons. The number of carbonyl (C=O) groups is 4. The summed E-state index contributed by atoms with van der Waals surface area (Å²) in [4.78, 5) is 49.7. The van der Waals surface area contributed by atoms with Crippen molar-refractivity contribution in [3.05, 3.63) is 0 Å². The molecular formula is C26H45FN2O8. The van der Waals surface area contributed by atoms with Crippen LogP contribution in [0.3, 0.4) is 0 Å². The highest BCUT2D eigenvalue weighted by molar-refractivity contribution is 5.80. The molecule has 2 fully saturated rings. The highest BCUT2D eigenvalue weighted by Gasteiger charge is 2.44. The van der Waals surface area contributed by atoms with Crippen LogP contribution in [0.25, 0.3) is 0 Å². The molecule has 10 nitrogen and oxygen atoms in total. The van der Waals surface area contributed by atoms with Crippen molar-refractivity contribution in [3.63, 3.8) is 0 Å². The Balaban J connectivity index is 0.000000371. The van der Waals surface area contributed by atoms with Gasteiger partial charge in [0.1, 0.15) is 11.2 Å². The number of esters is 2. The third-order valence-corrected chi connectivity index (χ3v) is 5.62. The van der Waals surface area contributed by atoms with Crippen molar-refractivity contribution in [2.24, 2.45) is 5.92 Å². The zero-order valence-electron chi connectivity index (χ0n) is 23.7. The molecule has 2 heterocycles. The predicted octanol–water partition coefficient (Wildman–Crippen LogP) is 4.49. The maximum absolute atomic E-state index is 14.3. The summed E-state index contributed by atoms with van der Waals surface area (Å²) in [6.45, 7) is 16.3. The van der Waals surface area contributed by atoms with Gasteiger partial charge < -0.3 is 28.7 Å². The van der Waals surface area contributed by atoms with Crippen molar-refractivity contribution in [1.29, 1.82) is 0 Å². The highest BCUT2D eigenvalue weighted by atomic mass is 19.1. The van der Waals surface area contributed by atoms with Gasteiger partial charge in [0.15, 0.2) is 0 Å². The Morgan fingerprint density at radius 1 is 0.757 bits per heavy atom. The van der Waals surface area contributed by atoms with Gasteiger partial charge in [0, 0.05) is 39.0 Å². The molecular weight excluding hydrogens is 487 g/mol. The van der Waals surface area contributed by atoms with Crippen molar-refractivity contribution in [2.75, 3.05) is 39.4 Å². The fourth-order valence-corrected chi connectivity index (χ4v) is 3.72. The van der Waals surface area contributed by atoms with Gasteiger partial charge in [-0.3, -0.25) is 4.79 Å². The summed E-state index contributed by atoms with van der Waals surface area (Å²) in [7, 11) is 0. The Morgan fingerprint density at radius 3 is 1.54 bits per heavy atom. The van der Waals surface area contributed by atoms with Gasteiger partial charge in [0.25, 0.3) is 0 Å². The number of nitrogens with zero attached hydrogens (tertiary/aromatic N) is 2. The molecule has 0 radical (unpaired) electrons. The van der Waals surface area contributed by atoms with Crippen LogP contribution in [0.1, 0.15) is 81.1 Å². The number of hydrogen-bond acceptors (Lipinski definition) is 8. The molecule has 0 unspecified atom stereocenters. The Bertz CT molecular complexity index is 774. The first-order chi connectivity index (χ1) is 17.0. The van der Waals surface area contributed by atoms with Crippen LogP contribution in [0.4, 0.5) is 14.0 Å². The molecule has 2 saturated heterocycles. The first-order valence-electron chi connectivity index (χ1n) is 13.0. The summed E-state index contributed by atoms with van der Waals surface area (Å²) in [5.74, 6) is -1.07. The summed E-state index contributed by atoms with van der Waals surface area (Å²) in [6, 6.07) is 0. The zero-order valence-corrected chi connectivity index (χ0v) is 23.7. The van der Waals surface area contributed by atoms with Gasteiger partial charge in [-0.15, -0.1) is 0 Å². The number of halogens is 1. The Labute approximate surface area is 220 Å². The lowest BCUT2D eigenvalue weighted by molar-refractivity contribution is -0.160. The number of rotatable bonds is 4. The largest absolute Gasteiger partial charge is 0.466 e. The van der Waals surface area contributed by atoms with Crippen LogP contribution in [0, 0.1) is 5.92 Å². The second kappa shape index (κ2) is 13.8. The van der Waals surface area contributed by atoms with E-state index in [1.807, 2.05) is 20.8 Å². The third-order valence-electron chi connectivity index (χ3n) is 5.62. The molecule has 0 aromatic rings. The fraction of sp³-hybridized carbons (Fsp3) is 0.846. The summed E-state index contributed by atoms with van der Waals surface area (Å²) >= 11 is 0. The van der Waals surface area contributed by atoms with E-state index in [1.165, 1.54) is 4.90 Å². The lowest BCUT2D eigenvalue weighted by Gasteiger charge is -2.35. The number of hydrogen-bond donors (Lipinski definition) is 0. The topological polar surface area (TPSA) is 112 Å². The quantitative estimate of drug-likeness (QED) is 0.385. The fourth-order valence-electron chi connectivity index (χ4n) is 3.72. The molecule has 2 amide bonds. The van der Waals surface area contributed by atoms with E-state index in [9.17, 15) is 23.6 Å². The standard InChI is InChI=1S/C13H22FNO4.C13H23NO4/c1-5-18-10(16)13(14)6-8-15(9-7-13)11(17)19-12(2,3)4;1-5-17-11(15)10-6-8-14(9-7-10)12(16)18-13(2,3)4/h5-9H2,1-4H3;10H,5-9H2,1-4H3. The predicted molar refractivity (Wildman–Crippen MR) is 135 cm³/mol. The SMILES string of the molecule is CCOC(=O)C1(F)CCN(C(=O)OC(C)(C)C)CC1.CCOC(=O)C1CCN(C(=O)OC(C)(C)C)CC1. The Hall–Kier alpha value is -2.59. The van der Waals surface area contributed by atoms with E-state index in [2.05, 4.69) is 0 Å². The molecule has 2 rings (SSSR count). The Kier molecular flexibility index (Phi) is 12.1. The van der Waals surface area contributed by atoms with Gasteiger partial charge in [0.2, 0.25) is 5.67 Å². The molecule has 2 aliphatic rings. The molecule has 0 aromatic carbocycles. The van der Waals surface area contributed by atoms with Crippen molar-refractivity contribution in [1.82, 2.24) is 9.80 Å². The molecule has 0 saturated carbocycles. The van der Waals surface area contributed by atoms with E-state index < -0.39 is 28.9 Å². The summed E-state index contributed by atoms with van der Waals surface area (Å²) in [6.07, 6.45) is 0.426. The molecule has 0 aromatic heterocycles. The van der Waals surface area contributed by atoms with Crippen LogP contribution in [-0.2, 0) is 28.5 Å². The van der Waals surface area contributed by atoms with Crippen LogP contribution < -0.4 is 0 Å². The molecule has 0 bridgehead atoms. The van der Waals surface area contributed by atoms with Crippen molar-refractivity contribution >= 4 is 24.1 Å². The second-order valence-electron chi connectivity index (χ2n) is 11.1. The monoisotopic (exact) mass is 532 g/mol. The molecule has 37 heavy (non-hydrogen) atoms. The van der Waals surface area contributed by atoms with E-state index in [1.54, 1.807) is 39.5 Å². The third kappa shape index (κ3) is 11.6. The maximum atomic E-state index is 14.3. The average Bonchev–Trinajstić information content (AvgIpc) is 2.78. The molecule has 11 heteroatoms. The minimum Gasteiger partial charge on any atom is -0.466 e. The van der Waals surface area contributed by atoms with E-state index >= 15 is 0 Å². The zero-order chi connectivity index (χ0) is 28.4. The van der Waals surface area contributed by atoms with Crippen LogP contribution in [0.15, 0.2) is 0 Å². The highest BCUT2D eigenvalue weighted by Crippen LogP contribution is 2.29. The average molecular weight is 533 g/mol. The van der Waals surface area contributed by atoms with Crippen molar-refractivity contribution < 1.29 is 42.5 Å². The van der Waals surface area contributed by atoms with Gasteiger partial charge >= 0.3 is 24.1 Å². The minimum atomic E-state index is -1.98. The van der Waals surface area contributed by atoms with Gasteiger partial charge in [-0.25, -0.2) is 18.8 Å². The minimum absolute atomic E-state index is 0.0505. The smallest absolute Gasteiger partial charge is 0.410 e. The molecule has 0 aliphatic carbocycles. The lowest BCUT2D eigenvalue weighted by atomic mass is 9.93. The van der Waals surface area contributed by atoms with Gasteiger partial charge in [0.05, 0.1) is 19.1 Å². The van der Waals surface area contributed by atoms with Crippen LogP contribution in [-0.4, -0.2) is 90.2 Å². The summed E-state index contributed by atoms with van der Waals surface area (Å²) in [5.41, 5.74) is -3.04. The number of piperidine rings is 2. The number of ether oxygens (including phenoxy) is 4. The van der Waals surface area contributed by atoms with E-state index in [0.29, 0.717) is 32.5 Å². The summed E-state index contributed by atoms with van der Waals surface area (Å²) < 4.78 is 34.5. The lowest BCUT2D eigenvalue weighted by Crippen LogP contribution is -2.50.